The summed E-state index contributed by atoms with van der Waals surface area (Å²) < 4.78 is 5.04. The van der Waals surface area contributed by atoms with Gasteiger partial charge in [0.05, 0.1) is 13.3 Å². The molecule has 1 aromatic heterocycles. The number of methoxy groups -OCH3 is 1. The largest absolute Gasteiger partial charge is 0.467 e. The predicted molar refractivity (Wildman–Crippen MR) is 70.3 cm³/mol. The monoisotopic (exact) mass is 271 g/mol. The SMILES string of the molecule is COc1ncc(Cl)c(N2CCCCC2CCO)n1. The maximum Gasteiger partial charge on any atom is 0.318 e. The lowest BCUT2D eigenvalue weighted by Gasteiger charge is -2.36. The van der Waals surface area contributed by atoms with E-state index in [1.165, 1.54) is 13.5 Å². The van der Waals surface area contributed by atoms with Gasteiger partial charge in [0.25, 0.3) is 0 Å². The molecule has 1 aromatic rings. The topological polar surface area (TPSA) is 58.5 Å². The van der Waals surface area contributed by atoms with Crippen LogP contribution in [-0.2, 0) is 0 Å². The molecule has 2 heterocycles. The number of anilines is 1. The lowest BCUT2D eigenvalue weighted by molar-refractivity contribution is 0.262. The van der Waals surface area contributed by atoms with E-state index in [-0.39, 0.29) is 6.61 Å². The van der Waals surface area contributed by atoms with E-state index in [9.17, 15) is 0 Å². The minimum absolute atomic E-state index is 0.182. The van der Waals surface area contributed by atoms with E-state index < -0.39 is 0 Å². The van der Waals surface area contributed by atoms with Crippen LogP contribution in [-0.4, -0.2) is 41.4 Å². The first-order valence-electron chi connectivity index (χ1n) is 6.20. The van der Waals surface area contributed by atoms with E-state index in [4.69, 9.17) is 21.4 Å². The lowest BCUT2D eigenvalue weighted by atomic mass is 10.00. The van der Waals surface area contributed by atoms with Crippen LogP contribution in [0.5, 0.6) is 6.01 Å². The van der Waals surface area contributed by atoms with Gasteiger partial charge >= 0.3 is 6.01 Å². The third-order valence-electron chi connectivity index (χ3n) is 3.25. The number of hydrogen-bond acceptors (Lipinski definition) is 5. The molecule has 1 atom stereocenters. The molecule has 1 saturated heterocycles. The Labute approximate surface area is 112 Å². The molecule has 1 aliphatic heterocycles. The number of halogens is 1. The Bertz CT molecular complexity index is 401. The molecule has 1 N–H and O–H groups in total. The third kappa shape index (κ3) is 2.84. The van der Waals surface area contributed by atoms with Gasteiger partial charge in [-0.2, -0.15) is 4.98 Å². The first-order valence-corrected chi connectivity index (χ1v) is 6.58. The summed E-state index contributed by atoms with van der Waals surface area (Å²) in [6.45, 7) is 1.09. The van der Waals surface area contributed by atoms with Gasteiger partial charge in [-0.1, -0.05) is 11.6 Å². The van der Waals surface area contributed by atoms with Crippen LogP contribution in [0, 0.1) is 0 Å². The number of ether oxygens (including phenoxy) is 1. The summed E-state index contributed by atoms with van der Waals surface area (Å²) in [5.74, 6) is 0.710. The van der Waals surface area contributed by atoms with Gasteiger partial charge in [-0.25, -0.2) is 4.98 Å². The van der Waals surface area contributed by atoms with E-state index in [1.807, 2.05) is 0 Å². The molecule has 0 radical (unpaired) electrons. The number of aliphatic hydroxyl groups excluding tert-OH is 1. The highest BCUT2D eigenvalue weighted by molar-refractivity contribution is 6.32. The molecule has 1 fully saturated rings. The molecule has 0 spiro atoms. The number of hydrogen-bond donors (Lipinski definition) is 1. The molecule has 100 valence electrons. The molecule has 0 amide bonds. The smallest absolute Gasteiger partial charge is 0.318 e. The number of nitrogens with zero attached hydrogens (tertiary/aromatic N) is 3. The number of rotatable bonds is 4. The van der Waals surface area contributed by atoms with Crippen LogP contribution in [0.4, 0.5) is 5.82 Å². The summed E-state index contributed by atoms with van der Waals surface area (Å²) in [6.07, 6.45) is 5.66. The second-order valence-electron chi connectivity index (χ2n) is 4.38. The van der Waals surface area contributed by atoms with Gasteiger partial charge in [-0.3, -0.25) is 0 Å². The van der Waals surface area contributed by atoms with Gasteiger partial charge < -0.3 is 14.7 Å². The first-order chi connectivity index (χ1) is 8.76. The molecular weight excluding hydrogens is 254 g/mol. The zero-order chi connectivity index (χ0) is 13.0. The standard InChI is InChI=1S/C12H18ClN3O2/c1-18-12-14-8-10(13)11(15-12)16-6-3-2-4-9(16)5-7-17/h8-9,17H,2-7H2,1H3. The van der Waals surface area contributed by atoms with Crippen molar-refractivity contribution in [3.05, 3.63) is 11.2 Å². The summed E-state index contributed by atoms with van der Waals surface area (Å²) in [5.41, 5.74) is 0. The van der Waals surface area contributed by atoms with Crippen molar-refractivity contribution < 1.29 is 9.84 Å². The van der Waals surface area contributed by atoms with E-state index in [1.54, 1.807) is 6.20 Å². The van der Waals surface area contributed by atoms with Crippen molar-refractivity contribution in [1.82, 2.24) is 9.97 Å². The van der Waals surface area contributed by atoms with Gasteiger partial charge in [0.1, 0.15) is 5.02 Å². The average molecular weight is 272 g/mol. The van der Waals surface area contributed by atoms with Gasteiger partial charge in [-0.15, -0.1) is 0 Å². The van der Waals surface area contributed by atoms with Crippen LogP contribution >= 0.6 is 11.6 Å². The fourth-order valence-corrected chi connectivity index (χ4v) is 2.57. The Morgan fingerprint density at radius 2 is 2.39 bits per heavy atom. The minimum Gasteiger partial charge on any atom is -0.467 e. The molecule has 2 rings (SSSR count). The molecule has 6 heteroatoms. The van der Waals surface area contributed by atoms with Crippen LogP contribution in [0.15, 0.2) is 6.20 Å². The van der Waals surface area contributed by atoms with Crippen LogP contribution in [0.1, 0.15) is 25.7 Å². The minimum atomic E-state index is 0.182. The van der Waals surface area contributed by atoms with Crippen LogP contribution in [0.3, 0.4) is 0 Å². The van der Waals surface area contributed by atoms with Gasteiger partial charge in [-0.05, 0) is 25.7 Å². The molecular formula is C12H18ClN3O2. The third-order valence-corrected chi connectivity index (χ3v) is 3.51. The molecule has 0 saturated carbocycles. The van der Waals surface area contributed by atoms with Crippen molar-refractivity contribution in [2.75, 3.05) is 25.2 Å². The average Bonchev–Trinajstić information content (AvgIpc) is 2.41. The maximum absolute atomic E-state index is 9.14. The molecule has 0 bridgehead atoms. The summed E-state index contributed by atoms with van der Waals surface area (Å²) in [6, 6.07) is 0.614. The number of piperidine rings is 1. The van der Waals surface area contributed by atoms with Crippen LogP contribution < -0.4 is 9.64 Å². The Balaban J connectivity index is 2.26. The van der Waals surface area contributed by atoms with Crippen molar-refractivity contribution in [2.45, 2.75) is 31.7 Å². The molecule has 5 nitrogen and oxygen atoms in total. The van der Waals surface area contributed by atoms with Crippen LogP contribution in [0.25, 0.3) is 0 Å². The van der Waals surface area contributed by atoms with Gasteiger partial charge in [0, 0.05) is 19.2 Å². The summed E-state index contributed by atoms with van der Waals surface area (Å²) in [5, 5.41) is 9.66. The van der Waals surface area contributed by atoms with E-state index in [0.29, 0.717) is 22.9 Å². The Morgan fingerprint density at radius 1 is 1.56 bits per heavy atom. The van der Waals surface area contributed by atoms with Crippen molar-refractivity contribution in [3.63, 3.8) is 0 Å². The Hall–Kier alpha value is -1.07. The van der Waals surface area contributed by atoms with E-state index in [0.717, 1.165) is 25.8 Å². The summed E-state index contributed by atoms with van der Waals surface area (Å²) >= 11 is 6.17. The highest BCUT2D eigenvalue weighted by atomic mass is 35.5. The zero-order valence-corrected chi connectivity index (χ0v) is 11.2. The number of aliphatic hydroxyl groups is 1. The second-order valence-corrected chi connectivity index (χ2v) is 4.79. The van der Waals surface area contributed by atoms with Crippen molar-refractivity contribution in [2.24, 2.45) is 0 Å². The maximum atomic E-state index is 9.14. The van der Waals surface area contributed by atoms with Crippen molar-refractivity contribution >= 4 is 17.4 Å². The summed E-state index contributed by atoms with van der Waals surface area (Å²) in [7, 11) is 1.54. The molecule has 0 aliphatic carbocycles. The summed E-state index contributed by atoms with van der Waals surface area (Å²) in [4.78, 5) is 10.5. The Kier molecular flexibility index (Phi) is 4.60. The fraction of sp³-hybridized carbons (Fsp3) is 0.667. The highest BCUT2D eigenvalue weighted by Crippen LogP contribution is 2.31. The molecule has 18 heavy (non-hydrogen) atoms. The zero-order valence-electron chi connectivity index (χ0n) is 10.5. The van der Waals surface area contributed by atoms with Gasteiger partial charge in [0.2, 0.25) is 0 Å². The quantitative estimate of drug-likeness (QED) is 0.906. The first kappa shape index (κ1) is 13.4. The van der Waals surface area contributed by atoms with Gasteiger partial charge in [0.15, 0.2) is 5.82 Å². The van der Waals surface area contributed by atoms with E-state index >= 15 is 0 Å². The molecule has 0 aromatic carbocycles. The Morgan fingerprint density at radius 3 is 3.11 bits per heavy atom. The lowest BCUT2D eigenvalue weighted by Crippen LogP contribution is -2.40. The molecule has 1 aliphatic rings. The highest BCUT2D eigenvalue weighted by Gasteiger charge is 2.25. The fourth-order valence-electron chi connectivity index (χ4n) is 2.37. The van der Waals surface area contributed by atoms with Crippen molar-refractivity contribution in [3.8, 4) is 6.01 Å². The number of aromatic nitrogens is 2. The second kappa shape index (κ2) is 6.20. The van der Waals surface area contributed by atoms with E-state index in [2.05, 4.69) is 14.9 Å². The van der Waals surface area contributed by atoms with Crippen LogP contribution in [0.2, 0.25) is 5.02 Å². The predicted octanol–water partition coefficient (Wildman–Crippen LogP) is 1.88. The van der Waals surface area contributed by atoms with Crippen molar-refractivity contribution in [1.29, 1.82) is 0 Å². The normalized spacial score (nSPS) is 19.9. The molecule has 1 unspecified atom stereocenters.